The van der Waals surface area contributed by atoms with Crippen LogP contribution >= 0.6 is 0 Å². The maximum Gasteiger partial charge on any atom is 0.228 e. The zero-order valence-corrected chi connectivity index (χ0v) is 6.46. The highest BCUT2D eigenvalue weighted by Gasteiger charge is 2.28. The molecule has 3 nitrogen and oxygen atoms in total. The number of unbranched alkanes of at least 4 members (excludes halogenated alkanes) is 1. The van der Waals surface area contributed by atoms with E-state index in [1.165, 1.54) is 0 Å². The zero-order chi connectivity index (χ0) is 8.74. The molecule has 0 radical (unpaired) electrons. The van der Waals surface area contributed by atoms with Crippen molar-refractivity contribution in [1.82, 2.24) is 0 Å². The molecule has 0 aliphatic heterocycles. The standard InChI is InChI=1S/C8H9N3/c1-2-3-4-8(5-9,6-10)7-11/h2-4H2,1H3. The Morgan fingerprint density at radius 1 is 1.09 bits per heavy atom. The predicted molar refractivity (Wildman–Crippen MR) is 38.8 cm³/mol. The Kier molecular flexibility index (Phi) is 3.71. The molecule has 0 bridgehead atoms. The first-order valence-electron chi connectivity index (χ1n) is 3.48. The Hall–Kier alpha value is -1.53. The van der Waals surface area contributed by atoms with Crippen LogP contribution in [0.2, 0.25) is 0 Å². The van der Waals surface area contributed by atoms with Gasteiger partial charge in [0.05, 0.1) is 0 Å². The number of rotatable bonds is 3. The minimum Gasteiger partial charge on any atom is -0.195 e. The van der Waals surface area contributed by atoms with Crippen molar-refractivity contribution in [3.8, 4) is 18.2 Å². The number of nitriles is 3. The van der Waals surface area contributed by atoms with E-state index in [0.29, 0.717) is 6.42 Å². The predicted octanol–water partition coefficient (Wildman–Crippen LogP) is 1.73. The van der Waals surface area contributed by atoms with Crippen molar-refractivity contribution < 1.29 is 0 Å². The monoisotopic (exact) mass is 147 g/mol. The van der Waals surface area contributed by atoms with E-state index in [1.54, 1.807) is 18.2 Å². The maximum absolute atomic E-state index is 8.51. The molecule has 0 aliphatic rings. The average molecular weight is 147 g/mol. The molecule has 0 fully saturated rings. The van der Waals surface area contributed by atoms with Crippen molar-refractivity contribution >= 4 is 0 Å². The lowest BCUT2D eigenvalue weighted by molar-refractivity contribution is 0.564. The van der Waals surface area contributed by atoms with Crippen molar-refractivity contribution in [1.29, 1.82) is 15.8 Å². The average Bonchev–Trinajstić information content (AvgIpc) is 2.08. The third-order valence-electron chi connectivity index (χ3n) is 1.48. The fourth-order valence-corrected chi connectivity index (χ4v) is 0.685. The summed E-state index contributed by atoms with van der Waals surface area (Å²) in [6.07, 6.45) is 1.99. The van der Waals surface area contributed by atoms with E-state index in [4.69, 9.17) is 15.8 Å². The molecule has 0 saturated heterocycles. The van der Waals surface area contributed by atoms with Crippen molar-refractivity contribution in [2.75, 3.05) is 0 Å². The van der Waals surface area contributed by atoms with Crippen molar-refractivity contribution in [2.45, 2.75) is 26.2 Å². The molecule has 0 spiro atoms. The van der Waals surface area contributed by atoms with Crippen LogP contribution in [0.4, 0.5) is 0 Å². The molecular formula is C8H9N3. The molecule has 0 aliphatic carbocycles. The minimum absolute atomic E-state index is 0.354. The summed E-state index contributed by atoms with van der Waals surface area (Å²) >= 11 is 0. The SMILES string of the molecule is CCCCC(C#N)(C#N)C#N. The molecule has 3 heteroatoms. The lowest BCUT2D eigenvalue weighted by Crippen LogP contribution is -2.12. The first kappa shape index (κ1) is 9.47. The molecule has 56 valence electrons. The van der Waals surface area contributed by atoms with Gasteiger partial charge in [-0.2, -0.15) is 15.8 Å². The van der Waals surface area contributed by atoms with E-state index in [-0.39, 0.29) is 0 Å². The van der Waals surface area contributed by atoms with E-state index in [1.807, 2.05) is 6.92 Å². The van der Waals surface area contributed by atoms with Gasteiger partial charge in [-0.1, -0.05) is 13.3 Å². The van der Waals surface area contributed by atoms with Gasteiger partial charge in [0.2, 0.25) is 5.41 Å². The van der Waals surface area contributed by atoms with Gasteiger partial charge < -0.3 is 0 Å². The molecule has 0 aromatic rings. The van der Waals surface area contributed by atoms with Gasteiger partial charge in [0.15, 0.2) is 0 Å². The van der Waals surface area contributed by atoms with Gasteiger partial charge in [0.1, 0.15) is 18.2 Å². The van der Waals surface area contributed by atoms with Gasteiger partial charge in [-0.15, -0.1) is 0 Å². The van der Waals surface area contributed by atoms with E-state index in [9.17, 15) is 0 Å². The summed E-state index contributed by atoms with van der Waals surface area (Å²) < 4.78 is 0. The van der Waals surface area contributed by atoms with Gasteiger partial charge in [-0.25, -0.2) is 0 Å². The third kappa shape index (κ3) is 2.28. The highest BCUT2D eigenvalue weighted by atomic mass is 14.4. The summed E-state index contributed by atoms with van der Waals surface area (Å²) in [7, 11) is 0. The summed E-state index contributed by atoms with van der Waals surface area (Å²) in [6.45, 7) is 1.96. The molecule has 0 saturated carbocycles. The second-order valence-corrected chi connectivity index (χ2v) is 2.34. The molecule has 0 aromatic carbocycles. The first-order chi connectivity index (χ1) is 5.24. The highest BCUT2D eigenvalue weighted by Crippen LogP contribution is 2.21. The van der Waals surface area contributed by atoms with E-state index < -0.39 is 5.41 Å². The Labute approximate surface area is 66.5 Å². The molecule has 0 atom stereocenters. The quantitative estimate of drug-likeness (QED) is 0.610. The summed E-state index contributed by atoms with van der Waals surface area (Å²) in [6, 6.07) is 5.18. The normalized spacial score (nSPS) is 9.27. The largest absolute Gasteiger partial charge is 0.228 e. The van der Waals surface area contributed by atoms with Crippen molar-refractivity contribution in [2.24, 2.45) is 5.41 Å². The van der Waals surface area contributed by atoms with Crippen LogP contribution in [0, 0.1) is 39.4 Å². The fourth-order valence-electron chi connectivity index (χ4n) is 0.685. The van der Waals surface area contributed by atoms with Crippen molar-refractivity contribution in [3.05, 3.63) is 0 Å². The van der Waals surface area contributed by atoms with Crippen LogP contribution in [0.15, 0.2) is 0 Å². The molecule has 0 rings (SSSR count). The number of nitrogens with zero attached hydrogens (tertiary/aromatic N) is 3. The molecular weight excluding hydrogens is 138 g/mol. The fraction of sp³-hybridized carbons (Fsp3) is 0.625. The smallest absolute Gasteiger partial charge is 0.195 e. The Morgan fingerprint density at radius 3 is 1.82 bits per heavy atom. The van der Waals surface area contributed by atoms with Crippen LogP contribution in [-0.4, -0.2) is 0 Å². The first-order valence-corrected chi connectivity index (χ1v) is 3.48. The second kappa shape index (κ2) is 4.31. The highest BCUT2D eigenvalue weighted by molar-refractivity contribution is 5.25. The van der Waals surface area contributed by atoms with Crippen LogP contribution in [0.25, 0.3) is 0 Å². The molecule has 11 heavy (non-hydrogen) atoms. The lowest BCUT2D eigenvalue weighted by atomic mass is 9.88. The maximum atomic E-state index is 8.51. The van der Waals surface area contributed by atoms with Crippen molar-refractivity contribution in [3.63, 3.8) is 0 Å². The Bertz CT molecular complexity index is 199. The Morgan fingerprint density at radius 2 is 1.55 bits per heavy atom. The van der Waals surface area contributed by atoms with Crippen LogP contribution in [0.3, 0.4) is 0 Å². The van der Waals surface area contributed by atoms with Gasteiger partial charge in [-0.05, 0) is 12.8 Å². The molecule has 0 aromatic heterocycles. The van der Waals surface area contributed by atoms with Gasteiger partial charge >= 0.3 is 0 Å². The number of hydrogen-bond donors (Lipinski definition) is 0. The third-order valence-corrected chi connectivity index (χ3v) is 1.48. The summed E-state index contributed by atoms with van der Waals surface area (Å²) in [5, 5.41) is 25.5. The lowest BCUT2D eigenvalue weighted by Gasteiger charge is -2.06. The van der Waals surface area contributed by atoms with Crippen LogP contribution in [0.5, 0.6) is 0 Å². The molecule has 0 unspecified atom stereocenters. The second-order valence-electron chi connectivity index (χ2n) is 2.34. The molecule has 0 heterocycles. The van der Waals surface area contributed by atoms with Crippen LogP contribution < -0.4 is 0 Å². The summed E-state index contributed by atoms with van der Waals surface area (Å²) in [5.41, 5.74) is -1.41. The summed E-state index contributed by atoms with van der Waals surface area (Å²) in [5.74, 6) is 0. The van der Waals surface area contributed by atoms with E-state index in [2.05, 4.69) is 0 Å². The molecule has 0 amide bonds. The zero-order valence-electron chi connectivity index (χ0n) is 6.46. The summed E-state index contributed by atoms with van der Waals surface area (Å²) in [4.78, 5) is 0. The topological polar surface area (TPSA) is 71.4 Å². The van der Waals surface area contributed by atoms with Crippen LogP contribution in [0.1, 0.15) is 26.2 Å². The molecule has 0 N–H and O–H groups in total. The van der Waals surface area contributed by atoms with Gasteiger partial charge in [0.25, 0.3) is 0 Å². The minimum atomic E-state index is -1.41. The van der Waals surface area contributed by atoms with Crippen LogP contribution in [-0.2, 0) is 0 Å². The number of hydrogen-bond acceptors (Lipinski definition) is 3. The van der Waals surface area contributed by atoms with E-state index in [0.717, 1.165) is 12.8 Å². The van der Waals surface area contributed by atoms with Gasteiger partial charge in [0, 0.05) is 0 Å². The van der Waals surface area contributed by atoms with E-state index >= 15 is 0 Å². The van der Waals surface area contributed by atoms with Gasteiger partial charge in [-0.3, -0.25) is 0 Å². The Balaban J connectivity index is 4.28.